The van der Waals surface area contributed by atoms with Gasteiger partial charge in [-0.25, -0.2) is 4.39 Å². The summed E-state index contributed by atoms with van der Waals surface area (Å²) in [6, 6.07) is 12.6. The first kappa shape index (κ1) is 16.7. The summed E-state index contributed by atoms with van der Waals surface area (Å²) in [6.45, 7) is 2.35. The average Bonchev–Trinajstić information content (AvgIpc) is 2.54. The zero-order valence-corrected chi connectivity index (χ0v) is 13.5. The number of carbonyl (C=O) groups is 1. The van der Waals surface area contributed by atoms with Crippen LogP contribution in [0.25, 0.3) is 6.08 Å². The van der Waals surface area contributed by atoms with Crippen LogP contribution in [0.3, 0.4) is 0 Å². The predicted octanol–water partition coefficient (Wildman–Crippen LogP) is 3.81. The smallest absolute Gasteiger partial charge is 0.246 e. The highest BCUT2D eigenvalue weighted by Crippen LogP contribution is 2.18. The molecule has 4 heteroatoms. The molecule has 2 rings (SSSR count). The number of halogens is 1. The van der Waals surface area contributed by atoms with Crippen molar-refractivity contribution in [1.82, 2.24) is 4.90 Å². The van der Waals surface area contributed by atoms with Gasteiger partial charge in [-0.2, -0.15) is 0 Å². The lowest BCUT2D eigenvalue weighted by molar-refractivity contribution is -0.125. The average molecular weight is 313 g/mol. The van der Waals surface area contributed by atoms with Gasteiger partial charge >= 0.3 is 0 Å². The van der Waals surface area contributed by atoms with Crippen LogP contribution in [-0.4, -0.2) is 25.0 Å². The van der Waals surface area contributed by atoms with Crippen molar-refractivity contribution in [2.24, 2.45) is 0 Å². The number of hydrogen-bond donors (Lipinski definition) is 0. The number of benzene rings is 2. The van der Waals surface area contributed by atoms with Gasteiger partial charge in [-0.1, -0.05) is 35.9 Å². The van der Waals surface area contributed by atoms with Crippen molar-refractivity contribution >= 4 is 12.0 Å². The van der Waals surface area contributed by atoms with E-state index in [1.165, 1.54) is 29.7 Å². The second kappa shape index (κ2) is 7.58. The van der Waals surface area contributed by atoms with E-state index in [4.69, 9.17) is 4.74 Å². The second-order valence-corrected chi connectivity index (χ2v) is 5.41. The zero-order valence-electron chi connectivity index (χ0n) is 13.5. The number of likely N-dealkylation sites (N-methyl/N-ethyl adjacent to an activating group) is 1. The molecule has 0 heterocycles. The van der Waals surface area contributed by atoms with Gasteiger partial charge in [0.2, 0.25) is 5.91 Å². The molecule has 0 radical (unpaired) electrons. The van der Waals surface area contributed by atoms with Gasteiger partial charge in [0.05, 0.1) is 7.11 Å². The second-order valence-electron chi connectivity index (χ2n) is 5.41. The van der Waals surface area contributed by atoms with E-state index >= 15 is 0 Å². The van der Waals surface area contributed by atoms with Gasteiger partial charge in [0.25, 0.3) is 0 Å². The minimum absolute atomic E-state index is 0.137. The maximum absolute atomic E-state index is 13.7. The fourth-order valence-corrected chi connectivity index (χ4v) is 2.13. The van der Waals surface area contributed by atoms with Crippen LogP contribution in [0.2, 0.25) is 0 Å². The Bertz CT molecular complexity index is 708. The third-order valence-electron chi connectivity index (χ3n) is 3.51. The Morgan fingerprint density at radius 3 is 2.52 bits per heavy atom. The molecule has 0 spiro atoms. The van der Waals surface area contributed by atoms with E-state index in [0.717, 1.165) is 5.56 Å². The first-order valence-corrected chi connectivity index (χ1v) is 7.32. The van der Waals surface area contributed by atoms with Gasteiger partial charge in [0.1, 0.15) is 0 Å². The SMILES string of the molecule is COc1ccc(CN(C)C(=O)/C=C/c2ccc(C)cc2)cc1F. The van der Waals surface area contributed by atoms with Gasteiger partial charge < -0.3 is 9.64 Å². The summed E-state index contributed by atoms with van der Waals surface area (Å²) >= 11 is 0. The lowest BCUT2D eigenvalue weighted by atomic mass is 10.1. The standard InChI is InChI=1S/C19H20FNO2/c1-14-4-6-15(7-5-14)9-11-19(22)21(2)13-16-8-10-18(23-3)17(20)12-16/h4-12H,13H2,1-3H3/b11-9+. The molecular weight excluding hydrogens is 293 g/mol. The highest BCUT2D eigenvalue weighted by atomic mass is 19.1. The van der Waals surface area contributed by atoms with Gasteiger partial charge in [-0.05, 0) is 36.3 Å². The largest absolute Gasteiger partial charge is 0.494 e. The molecule has 1 amide bonds. The van der Waals surface area contributed by atoms with Crippen LogP contribution in [0, 0.1) is 12.7 Å². The summed E-state index contributed by atoms with van der Waals surface area (Å²) in [5.74, 6) is -0.371. The van der Waals surface area contributed by atoms with Crippen LogP contribution >= 0.6 is 0 Å². The molecular formula is C19H20FNO2. The summed E-state index contributed by atoms with van der Waals surface area (Å²) in [4.78, 5) is 13.7. The normalized spacial score (nSPS) is 10.8. The Hall–Kier alpha value is -2.62. The summed E-state index contributed by atoms with van der Waals surface area (Å²) < 4.78 is 18.5. The number of ether oxygens (including phenoxy) is 1. The number of aryl methyl sites for hydroxylation is 1. The van der Waals surface area contributed by atoms with Crippen molar-refractivity contribution in [2.75, 3.05) is 14.2 Å². The van der Waals surface area contributed by atoms with E-state index in [-0.39, 0.29) is 11.7 Å². The van der Waals surface area contributed by atoms with Crippen LogP contribution in [-0.2, 0) is 11.3 Å². The van der Waals surface area contributed by atoms with E-state index in [0.29, 0.717) is 12.1 Å². The van der Waals surface area contributed by atoms with Crippen LogP contribution in [0.4, 0.5) is 4.39 Å². The summed E-state index contributed by atoms with van der Waals surface area (Å²) in [5.41, 5.74) is 2.85. The molecule has 2 aromatic carbocycles. The van der Waals surface area contributed by atoms with E-state index in [1.807, 2.05) is 31.2 Å². The highest BCUT2D eigenvalue weighted by molar-refractivity contribution is 5.91. The molecule has 120 valence electrons. The fraction of sp³-hybridized carbons (Fsp3) is 0.211. The Morgan fingerprint density at radius 1 is 1.22 bits per heavy atom. The highest BCUT2D eigenvalue weighted by Gasteiger charge is 2.08. The molecule has 0 saturated carbocycles. The maximum atomic E-state index is 13.7. The van der Waals surface area contributed by atoms with Crippen molar-refractivity contribution in [3.8, 4) is 5.75 Å². The van der Waals surface area contributed by atoms with Crippen LogP contribution < -0.4 is 4.74 Å². The molecule has 23 heavy (non-hydrogen) atoms. The van der Waals surface area contributed by atoms with E-state index in [9.17, 15) is 9.18 Å². The Labute approximate surface area is 136 Å². The third kappa shape index (κ3) is 4.68. The minimum Gasteiger partial charge on any atom is -0.494 e. The lowest BCUT2D eigenvalue weighted by Gasteiger charge is -2.15. The van der Waals surface area contributed by atoms with Gasteiger partial charge in [0.15, 0.2) is 11.6 Å². The van der Waals surface area contributed by atoms with Gasteiger partial charge in [0, 0.05) is 19.7 Å². The maximum Gasteiger partial charge on any atom is 0.246 e. The van der Waals surface area contributed by atoms with Gasteiger partial charge in [-0.3, -0.25) is 4.79 Å². The molecule has 0 atom stereocenters. The summed E-state index contributed by atoms with van der Waals surface area (Å²) in [7, 11) is 3.10. The minimum atomic E-state index is -0.430. The van der Waals surface area contributed by atoms with E-state index in [2.05, 4.69) is 0 Å². The van der Waals surface area contributed by atoms with Crippen molar-refractivity contribution in [3.63, 3.8) is 0 Å². The molecule has 0 saturated heterocycles. The number of rotatable bonds is 5. The first-order chi connectivity index (χ1) is 11.0. The van der Waals surface area contributed by atoms with Crippen molar-refractivity contribution in [2.45, 2.75) is 13.5 Å². The molecule has 2 aromatic rings. The molecule has 0 fully saturated rings. The van der Waals surface area contributed by atoms with E-state index < -0.39 is 5.82 Å². The number of carbonyl (C=O) groups excluding carboxylic acids is 1. The fourth-order valence-electron chi connectivity index (χ4n) is 2.13. The quantitative estimate of drug-likeness (QED) is 0.786. The molecule has 0 aliphatic rings. The van der Waals surface area contributed by atoms with Crippen LogP contribution in [0.1, 0.15) is 16.7 Å². The third-order valence-corrected chi connectivity index (χ3v) is 3.51. The zero-order chi connectivity index (χ0) is 16.8. The Balaban J connectivity index is 1.99. The van der Waals surface area contributed by atoms with E-state index in [1.54, 1.807) is 25.3 Å². The van der Waals surface area contributed by atoms with Crippen LogP contribution in [0.5, 0.6) is 5.75 Å². The number of methoxy groups -OCH3 is 1. The molecule has 3 nitrogen and oxygen atoms in total. The first-order valence-electron chi connectivity index (χ1n) is 7.32. The molecule has 0 unspecified atom stereocenters. The van der Waals surface area contributed by atoms with Crippen molar-refractivity contribution in [3.05, 3.63) is 71.0 Å². The molecule has 0 aliphatic heterocycles. The number of amides is 1. The molecule has 0 N–H and O–H groups in total. The summed E-state index contributed by atoms with van der Waals surface area (Å²) in [5, 5.41) is 0. The topological polar surface area (TPSA) is 29.5 Å². The monoisotopic (exact) mass is 313 g/mol. The van der Waals surface area contributed by atoms with Crippen molar-refractivity contribution < 1.29 is 13.9 Å². The molecule has 0 bridgehead atoms. The molecule has 0 aromatic heterocycles. The Morgan fingerprint density at radius 2 is 1.91 bits per heavy atom. The predicted molar refractivity (Wildman–Crippen MR) is 89.6 cm³/mol. The van der Waals surface area contributed by atoms with Crippen LogP contribution in [0.15, 0.2) is 48.5 Å². The van der Waals surface area contributed by atoms with Crippen molar-refractivity contribution in [1.29, 1.82) is 0 Å². The lowest BCUT2D eigenvalue weighted by Crippen LogP contribution is -2.24. The number of hydrogen-bond acceptors (Lipinski definition) is 2. The number of nitrogens with zero attached hydrogens (tertiary/aromatic N) is 1. The molecule has 0 aliphatic carbocycles. The van der Waals surface area contributed by atoms with Gasteiger partial charge in [-0.15, -0.1) is 0 Å². The summed E-state index contributed by atoms with van der Waals surface area (Å²) in [6.07, 6.45) is 3.29. The Kier molecular flexibility index (Phi) is 5.52.